The zero-order valence-corrected chi connectivity index (χ0v) is 8.76. The summed E-state index contributed by atoms with van der Waals surface area (Å²) in [6.07, 6.45) is 0. The van der Waals surface area contributed by atoms with Crippen molar-refractivity contribution < 1.29 is 9.90 Å². The van der Waals surface area contributed by atoms with Crippen molar-refractivity contribution in [2.75, 3.05) is 6.61 Å². The fourth-order valence-electron chi connectivity index (χ4n) is 0.839. The van der Waals surface area contributed by atoms with Crippen LogP contribution in [-0.2, 0) is 0 Å². The summed E-state index contributed by atoms with van der Waals surface area (Å²) in [6, 6.07) is 5.27. The van der Waals surface area contributed by atoms with Crippen molar-refractivity contribution in [2.24, 2.45) is 0 Å². The van der Waals surface area contributed by atoms with Crippen molar-refractivity contribution in [2.45, 2.75) is 0 Å². The number of hydrogen-bond acceptors (Lipinski definition) is 2. The van der Waals surface area contributed by atoms with E-state index in [0.717, 1.165) is 10.6 Å². The summed E-state index contributed by atoms with van der Waals surface area (Å²) < 4.78 is 0. The second-order valence-corrected chi connectivity index (χ2v) is 3.67. The predicted molar refractivity (Wildman–Crippen MR) is 56.5 cm³/mol. The summed E-state index contributed by atoms with van der Waals surface area (Å²) in [6.45, 7) is -0.430. The topological polar surface area (TPSA) is 37.3 Å². The summed E-state index contributed by atoms with van der Waals surface area (Å²) in [7, 11) is 5.09. The molecule has 4 heteroatoms. The molecule has 0 fully saturated rings. The van der Waals surface area contributed by atoms with E-state index in [9.17, 15) is 4.79 Å². The first-order valence-electron chi connectivity index (χ1n) is 3.44. The Balaban J connectivity index is 3.05. The minimum absolute atomic E-state index is 0.247. The van der Waals surface area contributed by atoms with Crippen molar-refractivity contribution in [3.8, 4) is 0 Å². The molecule has 0 aromatic heterocycles. The van der Waals surface area contributed by atoms with Crippen LogP contribution in [-0.4, -0.2) is 17.5 Å². The highest BCUT2D eigenvalue weighted by molar-refractivity contribution is 7.35. The molecule has 0 saturated heterocycles. The van der Waals surface area contributed by atoms with Gasteiger partial charge in [0.2, 0.25) is 0 Å². The molecule has 0 aliphatic heterocycles. The molecular weight excluding hydrogens is 190 g/mol. The molecule has 12 heavy (non-hydrogen) atoms. The molecule has 1 aromatic rings. The van der Waals surface area contributed by atoms with Crippen LogP contribution < -0.4 is 10.6 Å². The van der Waals surface area contributed by atoms with E-state index in [1.165, 1.54) is 0 Å². The molecule has 0 amide bonds. The molecule has 0 spiro atoms. The number of rotatable bonds is 2. The quantitative estimate of drug-likeness (QED) is 0.533. The van der Waals surface area contributed by atoms with Gasteiger partial charge in [0.05, 0.1) is 0 Å². The first kappa shape index (κ1) is 9.80. The number of aliphatic hydroxyl groups excluding tert-OH is 1. The Morgan fingerprint density at radius 3 is 2.50 bits per heavy atom. The van der Waals surface area contributed by atoms with E-state index in [1.54, 1.807) is 12.1 Å². The number of Topliss-reactive ketones (excluding diaryl/α,β-unsaturated/α-hetero) is 1. The number of carbonyl (C=O) groups is 1. The van der Waals surface area contributed by atoms with Crippen LogP contribution in [0.3, 0.4) is 0 Å². The molecule has 1 aromatic carbocycles. The van der Waals surface area contributed by atoms with Gasteiger partial charge in [-0.1, -0.05) is 12.1 Å². The zero-order valence-electron chi connectivity index (χ0n) is 6.45. The first-order valence-corrected chi connectivity index (χ1v) is 4.59. The van der Waals surface area contributed by atoms with Crippen LogP contribution in [0.25, 0.3) is 0 Å². The van der Waals surface area contributed by atoms with Crippen molar-refractivity contribution in [1.82, 2.24) is 0 Å². The average molecular weight is 200 g/mol. The van der Waals surface area contributed by atoms with E-state index in [1.807, 2.05) is 6.07 Å². The Hall–Kier alpha value is -0.290. The Morgan fingerprint density at radius 2 is 2.00 bits per heavy atom. The second-order valence-electron chi connectivity index (χ2n) is 2.42. The molecule has 0 saturated carbocycles. The highest BCUT2D eigenvalue weighted by Crippen LogP contribution is 2.01. The van der Waals surface area contributed by atoms with E-state index in [-0.39, 0.29) is 5.78 Å². The molecule has 1 rings (SSSR count). The molecule has 0 bridgehead atoms. The van der Waals surface area contributed by atoms with Crippen LogP contribution in [0.4, 0.5) is 0 Å². The lowest BCUT2D eigenvalue weighted by Crippen LogP contribution is -2.14. The smallest absolute Gasteiger partial charge is 0.188 e. The van der Waals surface area contributed by atoms with Gasteiger partial charge in [-0.05, 0) is 16.7 Å². The Labute approximate surface area is 75.8 Å². The molecule has 2 atom stereocenters. The Bertz CT molecular complexity index is 310. The van der Waals surface area contributed by atoms with Gasteiger partial charge in [0.15, 0.2) is 5.78 Å². The molecular formula is C8H10O2P2. The van der Waals surface area contributed by atoms with Gasteiger partial charge in [0, 0.05) is 5.56 Å². The summed E-state index contributed by atoms with van der Waals surface area (Å²) in [5, 5.41) is 10.6. The van der Waals surface area contributed by atoms with Crippen molar-refractivity contribution >= 4 is 34.9 Å². The summed E-state index contributed by atoms with van der Waals surface area (Å²) in [5.74, 6) is -0.247. The van der Waals surface area contributed by atoms with E-state index in [0.29, 0.717) is 5.56 Å². The predicted octanol–water partition coefficient (Wildman–Crippen LogP) is -0.138. The van der Waals surface area contributed by atoms with Gasteiger partial charge in [-0.2, -0.15) is 0 Å². The molecule has 1 N–H and O–H groups in total. The third-order valence-electron chi connectivity index (χ3n) is 1.55. The van der Waals surface area contributed by atoms with E-state index < -0.39 is 6.61 Å². The molecule has 2 nitrogen and oxygen atoms in total. The fraction of sp³-hybridized carbons (Fsp3) is 0.125. The van der Waals surface area contributed by atoms with E-state index in [4.69, 9.17) is 5.11 Å². The number of hydrogen-bond donors (Lipinski definition) is 1. The lowest BCUT2D eigenvalue weighted by atomic mass is 10.1. The zero-order chi connectivity index (χ0) is 9.14. The van der Waals surface area contributed by atoms with Crippen molar-refractivity contribution in [1.29, 1.82) is 0 Å². The second kappa shape index (κ2) is 4.09. The summed E-state index contributed by atoms with van der Waals surface area (Å²) in [5.41, 5.74) is 0.550. The van der Waals surface area contributed by atoms with Gasteiger partial charge in [-0.25, -0.2) is 0 Å². The number of aliphatic hydroxyl groups is 1. The normalized spacial score (nSPS) is 9.92. The van der Waals surface area contributed by atoms with Gasteiger partial charge < -0.3 is 5.11 Å². The van der Waals surface area contributed by atoms with Crippen LogP contribution in [0.15, 0.2) is 18.2 Å². The lowest BCUT2D eigenvalue weighted by molar-refractivity contribution is 0.0904. The highest BCUT2D eigenvalue weighted by atomic mass is 31.0. The molecule has 64 valence electrons. The maximum atomic E-state index is 11.0. The van der Waals surface area contributed by atoms with Gasteiger partial charge in [-0.3, -0.25) is 4.79 Å². The molecule has 0 heterocycles. The number of benzene rings is 1. The molecule has 0 aliphatic carbocycles. The monoisotopic (exact) mass is 200 g/mol. The van der Waals surface area contributed by atoms with Crippen LogP contribution in [0, 0.1) is 0 Å². The maximum Gasteiger partial charge on any atom is 0.188 e. The van der Waals surface area contributed by atoms with Gasteiger partial charge in [0.25, 0.3) is 0 Å². The van der Waals surface area contributed by atoms with Gasteiger partial charge in [0.1, 0.15) is 6.61 Å². The SMILES string of the molecule is O=C(CO)c1ccc(P)c(P)c1. The maximum absolute atomic E-state index is 11.0. The third-order valence-corrected chi connectivity index (χ3v) is 2.91. The van der Waals surface area contributed by atoms with Gasteiger partial charge in [-0.15, -0.1) is 18.5 Å². The third kappa shape index (κ3) is 2.10. The molecule has 0 aliphatic rings. The summed E-state index contributed by atoms with van der Waals surface area (Å²) >= 11 is 0. The molecule has 2 unspecified atom stereocenters. The first-order chi connectivity index (χ1) is 5.65. The van der Waals surface area contributed by atoms with E-state index >= 15 is 0 Å². The number of carbonyl (C=O) groups excluding carboxylic acids is 1. The Kier molecular flexibility index (Phi) is 3.34. The van der Waals surface area contributed by atoms with Crippen LogP contribution >= 0.6 is 18.5 Å². The molecule has 0 radical (unpaired) electrons. The summed E-state index contributed by atoms with van der Waals surface area (Å²) in [4.78, 5) is 11.0. The lowest BCUT2D eigenvalue weighted by Gasteiger charge is -2.01. The van der Waals surface area contributed by atoms with E-state index in [2.05, 4.69) is 18.5 Å². The minimum atomic E-state index is -0.430. The highest BCUT2D eigenvalue weighted by Gasteiger charge is 2.04. The Morgan fingerprint density at radius 1 is 1.33 bits per heavy atom. The standard InChI is InChI=1S/C8H10O2P2/c9-4-6(10)5-1-2-7(11)8(12)3-5/h1-3,9H,4,11-12H2. The average Bonchev–Trinajstić information content (AvgIpc) is 2.08. The van der Waals surface area contributed by atoms with Crippen LogP contribution in [0.1, 0.15) is 10.4 Å². The van der Waals surface area contributed by atoms with Crippen LogP contribution in [0.5, 0.6) is 0 Å². The van der Waals surface area contributed by atoms with Crippen LogP contribution in [0.2, 0.25) is 0 Å². The van der Waals surface area contributed by atoms with Gasteiger partial charge >= 0.3 is 0 Å². The van der Waals surface area contributed by atoms with Crippen molar-refractivity contribution in [3.05, 3.63) is 23.8 Å². The number of ketones is 1. The fourth-order valence-corrected chi connectivity index (χ4v) is 1.29. The largest absolute Gasteiger partial charge is 0.388 e. The minimum Gasteiger partial charge on any atom is -0.388 e. The van der Waals surface area contributed by atoms with Crippen molar-refractivity contribution in [3.63, 3.8) is 0 Å².